The molecule has 3 aromatic heterocycles. The van der Waals surface area contributed by atoms with Gasteiger partial charge >= 0.3 is 0 Å². The van der Waals surface area contributed by atoms with E-state index in [0.717, 1.165) is 66.9 Å². The molecule has 0 saturated carbocycles. The van der Waals surface area contributed by atoms with Crippen molar-refractivity contribution < 1.29 is 0 Å². The fourth-order valence-electron chi connectivity index (χ4n) is 5.92. The molecule has 212 valence electrons. The van der Waals surface area contributed by atoms with Crippen LogP contribution < -0.4 is 0 Å². The summed E-state index contributed by atoms with van der Waals surface area (Å²) in [6.45, 7) is 0. The fourth-order valence-corrected chi connectivity index (χ4v) is 5.92. The Kier molecular flexibility index (Phi) is 6.66. The van der Waals surface area contributed by atoms with Crippen LogP contribution in [0.5, 0.6) is 0 Å². The lowest BCUT2D eigenvalue weighted by Gasteiger charge is -2.16. The average Bonchev–Trinajstić information content (AvgIpc) is 3.52. The maximum atomic E-state index is 4.76. The Hall–Kier alpha value is -6.34. The molecule has 1 N–H and O–H groups in total. The summed E-state index contributed by atoms with van der Waals surface area (Å²) < 4.78 is 0. The summed E-state index contributed by atoms with van der Waals surface area (Å²) in [5.74, 6) is 0. The minimum Gasteiger partial charge on any atom is -0.353 e. The Balaban J connectivity index is 1.49. The van der Waals surface area contributed by atoms with Gasteiger partial charge in [0, 0.05) is 38.7 Å². The molecular weight excluding hydrogens is 554 g/mol. The monoisotopic (exact) mass is 579 g/mol. The highest BCUT2D eigenvalue weighted by Crippen LogP contribution is 2.46. The van der Waals surface area contributed by atoms with Gasteiger partial charge in [-0.15, -0.1) is 20.4 Å². The minimum absolute atomic E-state index is 0.667. The van der Waals surface area contributed by atoms with Crippen LogP contribution in [0.4, 0.5) is 0 Å². The van der Waals surface area contributed by atoms with E-state index < -0.39 is 0 Å². The average molecular weight is 580 g/mol. The predicted molar refractivity (Wildman–Crippen MR) is 178 cm³/mol. The molecule has 8 aromatic rings. The maximum absolute atomic E-state index is 4.76. The number of benzene rings is 5. The van der Waals surface area contributed by atoms with Gasteiger partial charge in [0.1, 0.15) is 22.8 Å². The smallest absolute Gasteiger partial charge is 0.122 e. The van der Waals surface area contributed by atoms with E-state index >= 15 is 0 Å². The standard InChI is InChI=1S/C38H25N7/c1-5-15-25(16-6-1)31-34(27-19-9-3-10-20-27)40-44-42-36(31)33-29-23-13-14-24-30(29)39-37(33)38-32(26-17-7-2-8-18-26)35(41-45-43-38)28-21-11-4-12-22-28/h1-24,39H. The van der Waals surface area contributed by atoms with Crippen LogP contribution in [0.3, 0.4) is 0 Å². The van der Waals surface area contributed by atoms with Gasteiger partial charge in [-0.2, -0.15) is 0 Å². The van der Waals surface area contributed by atoms with Crippen molar-refractivity contribution in [1.29, 1.82) is 0 Å². The molecular formula is C38H25N7. The molecule has 5 aromatic carbocycles. The molecule has 7 nitrogen and oxygen atoms in total. The van der Waals surface area contributed by atoms with Gasteiger partial charge in [0.25, 0.3) is 0 Å². The number of H-pyrrole nitrogens is 1. The van der Waals surface area contributed by atoms with Crippen molar-refractivity contribution in [3.05, 3.63) is 146 Å². The summed E-state index contributed by atoms with van der Waals surface area (Å²) in [6.07, 6.45) is 0. The fraction of sp³-hybridized carbons (Fsp3) is 0. The number of fused-ring (bicyclic) bond motifs is 1. The Bertz CT molecular complexity index is 2250. The SMILES string of the molecule is c1ccc(-c2nnnc(-c3[nH]c4ccccc4c3-c3nnnc(-c4ccccc4)c3-c3ccccc3)c2-c2ccccc2)cc1. The highest BCUT2D eigenvalue weighted by atomic mass is 15.3. The summed E-state index contributed by atoms with van der Waals surface area (Å²) in [4.78, 5) is 3.69. The van der Waals surface area contributed by atoms with Gasteiger partial charge < -0.3 is 4.98 Å². The normalized spacial score (nSPS) is 11.1. The molecule has 0 fully saturated rings. The molecule has 0 spiro atoms. The highest BCUT2D eigenvalue weighted by Gasteiger charge is 2.27. The Labute approximate surface area is 259 Å². The number of hydrogen-bond acceptors (Lipinski definition) is 6. The van der Waals surface area contributed by atoms with E-state index in [0.29, 0.717) is 11.4 Å². The van der Waals surface area contributed by atoms with Crippen LogP contribution in [0, 0.1) is 0 Å². The van der Waals surface area contributed by atoms with Gasteiger partial charge in [-0.3, -0.25) is 0 Å². The molecule has 0 aliphatic rings. The number of nitrogens with zero attached hydrogens (tertiary/aromatic N) is 6. The number of para-hydroxylation sites is 1. The number of aromatic nitrogens is 7. The molecule has 0 saturated heterocycles. The number of nitrogens with one attached hydrogen (secondary N) is 1. The zero-order chi connectivity index (χ0) is 30.0. The largest absolute Gasteiger partial charge is 0.353 e. The van der Waals surface area contributed by atoms with Gasteiger partial charge in [-0.25, -0.2) is 0 Å². The van der Waals surface area contributed by atoms with Crippen molar-refractivity contribution in [2.45, 2.75) is 0 Å². The molecule has 8 rings (SSSR count). The molecule has 0 radical (unpaired) electrons. The zero-order valence-corrected chi connectivity index (χ0v) is 24.0. The number of hydrogen-bond donors (Lipinski definition) is 1. The van der Waals surface area contributed by atoms with E-state index in [4.69, 9.17) is 10.2 Å². The van der Waals surface area contributed by atoms with Crippen molar-refractivity contribution >= 4 is 10.9 Å². The number of rotatable bonds is 6. The van der Waals surface area contributed by atoms with Crippen LogP contribution >= 0.6 is 0 Å². The van der Waals surface area contributed by atoms with E-state index in [1.54, 1.807) is 0 Å². The van der Waals surface area contributed by atoms with Gasteiger partial charge in [-0.1, -0.05) is 140 Å². The van der Waals surface area contributed by atoms with Crippen molar-refractivity contribution in [2.75, 3.05) is 0 Å². The molecule has 7 heteroatoms. The van der Waals surface area contributed by atoms with E-state index in [1.807, 2.05) is 109 Å². The van der Waals surface area contributed by atoms with Gasteiger partial charge in [0.2, 0.25) is 0 Å². The topological polar surface area (TPSA) is 93.1 Å². The maximum Gasteiger partial charge on any atom is 0.122 e. The third-order valence-electron chi connectivity index (χ3n) is 7.93. The van der Waals surface area contributed by atoms with Crippen LogP contribution in [0.25, 0.3) is 78.3 Å². The summed E-state index contributed by atoms with van der Waals surface area (Å²) in [7, 11) is 0. The third-order valence-corrected chi connectivity index (χ3v) is 7.93. The molecule has 0 amide bonds. The van der Waals surface area contributed by atoms with Crippen molar-refractivity contribution in [1.82, 2.24) is 35.8 Å². The van der Waals surface area contributed by atoms with E-state index in [1.165, 1.54) is 0 Å². The first-order chi connectivity index (χ1) is 22.4. The second kappa shape index (κ2) is 11.4. The van der Waals surface area contributed by atoms with Gasteiger partial charge in [0.15, 0.2) is 0 Å². The Morgan fingerprint density at radius 1 is 0.333 bits per heavy atom. The van der Waals surface area contributed by atoms with E-state index in [9.17, 15) is 0 Å². The Morgan fingerprint density at radius 3 is 1.27 bits per heavy atom. The van der Waals surface area contributed by atoms with Crippen molar-refractivity contribution in [3.63, 3.8) is 0 Å². The quantitative estimate of drug-likeness (QED) is 0.212. The molecule has 0 aliphatic carbocycles. The molecule has 45 heavy (non-hydrogen) atoms. The van der Waals surface area contributed by atoms with Crippen LogP contribution in [0.1, 0.15) is 0 Å². The molecule has 3 heterocycles. The summed E-state index contributed by atoms with van der Waals surface area (Å²) in [5.41, 5.74) is 11.1. The van der Waals surface area contributed by atoms with Gasteiger partial charge in [0.05, 0.1) is 5.69 Å². The van der Waals surface area contributed by atoms with Crippen molar-refractivity contribution in [3.8, 4) is 67.4 Å². The van der Waals surface area contributed by atoms with Gasteiger partial charge in [-0.05, 0) is 27.6 Å². The first-order valence-corrected chi connectivity index (χ1v) is 14.7. The lowest BCUT2D eigenvalue weighted by Crippen LogP contribution is -2.03. The molecule has 0 atom stereocenters. The summed E-state index contributed by atoms with van der Waals surface area (Å²) >= 11 is 0. The lowest BCUT2D eigenvalue weighted by atomic mass is 9.91. The Morgan fingerprint density at radius 2 is 0.733 bits per heavy atom. The lowest BCUT2D eigenvalue weighted by molar-refractivity contribution is 0.873. The molecule has 0 aliphatic heterocycles. The summed E-state index contributed by atoms with van der Waals surface area (Å²) in [6, 6.07) is 48.8. The second-order valence-electron chi connectivity index (χ2n) is 10.6. The third kappa shape index (κ3) is 4.73. The first-order valence-electron chi connectivity index (χ1n) is 14.7. The second-order valence-corrected chi connectivity index (χ2v) is 10.6. The van der Waals surface area contributed by atoms with Crippen LogP contribution in [-0.2, 0) is 0 Å². The summed E-state index contributed by atoms with van der Waals surface area (Å²) in [5, 5.41) is 28.3. The minimum atomic E-state index is 0.667. The van der Waals surface area contributed by atoms with Crippen LogP contribution in [-0.4, -0.2) is 35.8 Å². The zero-order valence-electron chi connectivity index (χ0n) is 24.0. The van der Waals surface area contributed by atoms with E-state index in [2.05, 4.69) is 62.0 Å². The van der Waals surface area contributed by atoms with E-state index in [-0.39, 0.29) is 0 Å². The van der Waals surface area contributed by atoms with Crippen LogP contribution in [0.15, 0.2) is 146 Å². The molecule has 0 unspecified atom stereocenters. The highest BCUT2D eigenvalue weighted by molar-refractivity contribution is 6.08. The van der Waals surface area contributed by atoms with Crippen molar-refractivity contribution in [2.24, 2.45) is 0 Å². The number of aromatic amines is 1. The predicted octanol–water partition coefficient (Wildman–Crippen LogP) is 8.54. The first kappa shape index (κ1) is 26.3. The molecule has 0 bridgehead atoms. The van der Waals surface area contributed by atoms with Crippen LogP contribution in [0.2, 0.25) is 0 Å².